The summed E-state index contributed by atoms with van der Waals surface area (Å²) in [6.45, 7) is 3.12. The molecule has 0 aliphatic carbocycles. The van der Waals surface area contributed by atoms with Crippen molar-refractivity contribution < 1.29 is 9.53 Å². The summed E-state index contributed by atoms with van der Waals surface area (Å²) in [6, 6.07) is 9.59. The first-order valence-corrected chi connectivity index (χ1v) is 4.42. The van der Waals surface area contributed by atoms with E-state index in [2.05, 4.69) is 11.8 Å². The van der Waals surface area contributed by atoms with Crippen molar-refractivity contribution >= 4 is 5.97 Å². The molecule has 1 atom stereocenters. The lowest BCUT2D eigenvalue weighted by atomic mass is 10.2. The molecule has 2 nitrogen and oxygen atoms in total. The highest BCUT2D eigenvalue weighted by molar-refractivity contribution is 5.66. The van der Waals surface area contributed by atoms with Crippen molar-refractivity contribution in [2.75, 3.05) is 0 Å². The van der Waals surface area contributed by atoms with Crippen LogP contribution in [-0.2, 0) is 9.53 Å². The number of esters is 1. The van der Waals surface area contributed by atoms with Crippen LogP contribution in [0, 0.1) is 11.8 Å². The summed E-state index contributed by atoms with van der Waals surface area (Å²) >= 11 is 0. The summed E-state index contributed by atoms with van der Waals surface area (Å²) in [5.41, 5.74) is 0.923. The summed E-state index contributed by atoms with van der Waals surface area (Å²) < 4.78 is 4.86. The van der Waals surface area contributed by atoms with Crippen molar-refractivity contribution in [2.24, 2.45) is 0 Å². The average molecular weight is 188 g/mol. The van der Waals surface area contributed by atoms with Crippen molar-refractivity contribution in [3.63, 3.8) is 0 Å². The quantitative estimate of drug-likeness (QED) is 0.497. The number of hydrogen-bond donors (Lipinski definition) is 0. The molecule has 0 amide bonds. The maximum Gasteiger partial charge on any atom is 0.303 e. The molecule has 0 N–H and O–H groups in total. The van der Waals surface area contributed by atoms with E-state index in [0.717, 1.165) is 5.56 Å². The van der Waals surface area contributed by atoms with Gasteiger partial charge in [0.25, 0.3) is 0 Å². The number of ether oxygens (including phenoxy) is 1. The zero-order chi connectivity index (χ0) is 10.4. The highest BCUT2D eigenvalue weighted by Crippen LogP contribution is 1.96. The Morgan fingerprint density at radius 1 is 1.36 bits per heavy atom. The second-order valence-corrected chi connectivity index (χ2v) is 2.89. The molecule has 72 valence electrons. The van der Waals surface area contributed by atoms with Gasteiger partial charge in [-0.25, -0.2) is 0 Å². The van der Waals surface area contributed by atoms with Gasteiger partial charge in [0.2, 0.25) is 0 Å². The van der Waals surface area contributed by atoms with Gasteiger partial charge < -0.3 is 4.74 Å². The van der Waals surface area contributed by atoms with Crippen molar-refractivity contribution in [1.82, 2.24) is 0 Å². The van der Waals surface area contributed by atoms with E-state index in [4.69, 9.17) is 4.74 Å². The van der Waals surface area contributed by atoms with Crippen molar-refractivity contribution in [3.8, 4) is 11.8 Å². The zero-order valence-corrected chi connectivity index (χ0v) is 8.28. The van der Waals surface area contributed by atoms with Gasteiger partial charge in [-0.15, -0.1) is 0 Å². The molecule has 2 heteroatoms. The summed E-state index contributed by atoms with van der Waals surface area (Å²) in [6.07, 6.45) is -0.354. The van der Waals surface area contributed by atoms with Crippen LogP contribution in [0.15, 0.2) is 30.3 Å². The topological polar surface area (TPSA) is 26.3 Å². The van der Waals surface area contributed by atoms with E-state index >= 15 is 0 Å². The zero-order valence-electron chi connectivity index (χ0n) is 8.28. The molecule has 1 rings (SSSR count). The fourth-order valence-electron chi connectivity index (χ4n) is 0.985. The Morgan fingerprint density at radius 2 is 2.00 bits per heavy atom. The summed E-state index contributed by atoms with van der Waals surface area (Å²) in [7, 11) is 0. The third-order valence-corrected chi connectivity index (χ3v) is 1.54. The van der Waals surface area contributed by atoms with Crippen LogP contribution < -0.4 is 0 Å². The van der Waals surface area contributed by atoms with Crippen LogP contribution in [-0.4, -0.2) is 12.1 Å². The molecular weight excluding hydrogens is 176 g/mol. The number of carbonyl (C=O) groups is 1. The van der Waals surface area contributed by atoms with Crippen molar-refractivity contribution in [1.29, 1.82) is 0 Å². The van der Waals surface area contributed by atoms with E-state index in [9.17, 15) is 4.79 Å². The largest absolute Gasteiger partial charge is 0.450 e. The summed E-state index contributed by atoms with van der Waals surface area (Å²) in [4.78, 5) is 10.6. The van der Waals surface area contributed by atoms with Gasteiger partial charge in [-0.1, -0.05) is 30.0 Å². The Hall–Kier alpha value is -1.75. The first kappa shape index (κ1) is 10.3. The highest BCUT2D eigenvalue weighted by Gasteiger charge is 1.98. The van der Waals surface area contributed by atoms with Crippen LogP contribution in [0.25, 0.3) is 0 Å². The molecule has 0 fully saturated rings. The Balaban J connectivity index is 2.60. The molecule has 14 heavy (non-hydrogen) atoms. The number of rotatable bonds is 1. The molecule has 0 aliphatic heterocycles. The molecule has 0 saturated heterocycles. The fourth-order valence-corrected chi connectivity index (χ4v) is 0.985. The van der Waals surface area contributed by atoms with Gasteiger partial charge in [-0.2, -0.15) is 0 Å². The summed E-state index contributed by atoms with van der Waals surface area (Å²) in [5, 5.41) is 0. The molecule has 0 unspecified atom stereocenters. The van der Waals surface area contributed by atoms with E-state index in [1.54, 1.807) is 6.92 Å². The molecule has 0 spiro atoms. The normalized spacial score (nSPS) is 11.0. The predicted octanol–water partition coefficient (Wildman–Crippen LogP) is 1.99. The Bertz CT molecular complexity index is 357. The standard InChI is InChI=1S/C12H12O2/c1-10(14-11(2)13)8-9-12-6-4-3-5-7-12/h3-7,10H,1-2H3/t10-/m0/s1. The van der Waals surface area contributed by atoms with E-state index in [1.165, 1.54) is 6.92 Å². The van der Waals surface area contributed by atoms with Gasteiger partial charge >= 0.3 is 5.97 Å². The molecule has 1 aromatic rings. The van der Waals surface area contributed by atoms with Gasteiger partial charge in [-0.05, 0) is 19.1 Å². The van der Waals surface area contributed by atoms with Crippen LogP contribution in [0.4, 0.5) is 0 Å². The van der Waals surface area contributed by atoms with Gasteiger partial charge in [0.1, 0.15) is 0 Å². The third kappa shape index (κ3) is 3.77. The third-order valence-electron chi connectivity index (χ3n) is 1.54. The van der Waals surface area contributed by atoms with Crippen LogP contribution in [0.2, 0.25) is 0 Å². The van der Waals surface area contributed by atoms with Crippen LogP contribution in [0.3, 0.4) is 0 Å². The van der Waals surface area contributed by atoms with Gasteiger partial charge in [0, 0.05) is 12.5 Å². The highest BCUT2D eigenvalue weighted by atomic mass is 16.5. The monoisotopic (exact) mass is 188 g/mol. The first-order valence-electron chi connectivity index (χ1n) is 4.42. The minimum atomic E-state index is -0.354. The lowest BCUT2D eigenvalue weighted by molar-refractivity contribution is -0.143. The molecule has 0 aliphatic rings. The predicted molar refractivity (Wildman–Crippen MR) is 54.5 cm³/mol. The number of hydrogen-bond acceptors (Lipinski definition) is 2. The lowest BCUT2D eigenvalue weighted by Crippen LogP contribution is -2.09. The second kappa shape index (κ2) is 5.08. The maximum absolute atomic E-state index is 10.6. The Morgan fingerprint density at radius 3 is 2.57 bits per heavy atom. The molecule has 0 heterocycles. The van der Waals surface area contributed by atoms with Crippen molar-refractivity contribution in [2.45, 2.75) is 20.0 Å². The number of carbonyl (C=O) groups excluding carboxylic acids is 1. The molecule has 1 aromatic carbocycles. The minimum absolute atomic E-state index is 0.306. The van der Waals surface area contributed by atoms with E-state index in [0.29, 0.717) is 0 Å². The molecule has 0 saturated carbocycles. The first-order chi connectivity index (χ1) is 6.68. The molecule has 0 radical (unpaired) electrons. The van der Waals surface area contributed by atoms with Crippen LogP contribution >= 0.6 is 0 Å². The maximum atomic E-state index is 10.6. The minimum Gasteiger partial charge on any atom is -0.450 e. The van der Waals surface area contributed by atoms with E-state index < -0.39 is 0 Å². The van der Waals surface area contributed by atoms with Gasteiger partial charge in [0.15, 0.2) is 6.10 Å². The lowest BCUT2D eigenvalue weighted by Gasteiger charge is -2.02. The molecular formula is C12H12O2. The van der Waals surface area contributed by atoms with Crippen LogP contribution in [0.1, 0.15) is 19.4 Å². The van der Waals surface area contributed by atoms with Gasteiger partial charge in [0.05, 0.1) is 0 Å². The Kier molecular flexibility index (Phi) is 3.75. The summed E-state index contributed by atoms with van der Waals surface area (Å²) in [5.74, 6) is 5.45. The average Bonchev–Trinajstić information content (AvgIpc) is 2.15. The fraction of sp³-hybridized carbons (Fsp3) is 0.250. The molecule has 0 bridgehead atoms. The molecule has 0 aromatic heterocycles. The number of benzene rings is 1. The van der Waals surface area contributed by atoms with Crippen molar-refractivity contribution in [3.05, 3.63) is 35.9 Å². The Labute approximate surface area is 83.9 Å². The van der Waals surface area contributed by atoms with E-state index in [1.807, 2.05) is 30.3 Å². The second-order valence-electron chi connectivity index (χ2n) is 2.89. The van der Waals surface area contributed by atoms with E-state index in [-0.39, 0.29) is 12.1 Å². The smallest absolute Gasteiger partial charge is 0.303 e. The van der Waals surface area contributed by atoms with Crippen LogP contribution in [0.5, 0.6) is 0 Å². The SMILES string of the molecule is CC(=O)O[C@@H](C)C#Cc1ccccc1. The van der Waals surface area contributed by atoms with Gasteiger partial charge in [-0.3, -0.25) is 4.79 Å².